The van der Waals surface area contributed by atoms with Crippen molar-refractivity contribution in [2.75, 3.05) is 5.32 Å². The standard InChI is InChI=1S/C17H15ClFN3O/c18-15-6-1-11(10-23)7-16(15)20-8-13-9-21-22-17(13)12-2-4-14(19)5-3-12/h1-7,9,20,23H,8,10H2,(H,21,22). The Hall–Kier alpha value is -2.37. The number of aliphatic hydroxyl groups excluding tert-OH is 1. The van der Waals surface area contributed by atoms with Crippen LogP contribution in [0.2, 0.25) is 5.02 Å². The fourth-order valence-electron chi connectivity index (χ4n) is 2.31. The third-order valence-electron chi connectivity index (χ3n) is 3.53. The topological polar surface area (TPSA) is 60.9 Å². The molecule has 0 aliphatic heterocycles. The number of halogens is 2. The number of aromatic amines is 1. The van der Waals surface area contributed by atoms with Crippen LogP contribution in [0.4, 0.5) is 10.1 Å². The molecule has 0 unspecified atom stereocenters. The van der Waals surface area contributed by atoms with E-state index in [4.69, 9.17) is 11.6 Å². The summed E-state index contributed by atoms with van der Waals surface area (Å²) in [6.45, 7) is 0.455. The summed E-state index contributed by atoms with van der Waals surface area (Å²) in [5.41, 5.74) is 4.14. The number of anilines is 1. The number of hydrogen-bond acceptors (Lipinski definition) is 3. The van der Waals surface area contributed by atoms with Crippen LogP contribution in [0.15, 0.2) is 48.7 Å². The first kappa shape index (κ1) is 15.5. The number of H-pyrrole nitrogens is 1. The highest BCUT2D eigenvalue weighted by Crippen LogP contribution is 2.26. The first-order chi connectivity index (χ1) is 11.2. The average molecular weight is 332 g/mol. The fraction of sp³-hybridized carbons (Fsp3) is 0.118. The van der Waals surface area contributed by atoms with Gasteiger partial charge in [-0.25, -0.2) is 4.39 Å². The van der Waals surface area contributed by atoms with Gasteiger partial charge in [0.15, 0.2) is 0 Å². The van der Waals surface area contributed by atoms with Crippen molar-refractivity contribution in [1.29, 1.82) is 0 Å². The van der Waals surface area contributed by atoms with Gasteiger partial charge in [-0.3, -0.25) is 5.10 Å². The van der Waals surface area contributed by atoms with Crippen molar-refractivity contribution in [3.63, 3.8) is 0 Å². The van der Waals surface area contributed by atoms with Gasteiger partial charge in [-0.1, -0.05) is 17.7 Å². The summed E-state index contributed by atoms with van der Waals surface area (Å²) in [5, 5.41) is 20.0. The molecular weight excluding hydrogens is 317 g/mol. The monoisotopic (exact) mass is 331 g/mol. The molecule has 0 amide bonds. The summed E-state index contributed by atoms with van der Waals surface area (Å²) >= 11 is 6.16. The van der Waals surface area contributed by atoms with Crippen LogP contribution in [0, 0.1) is 5.82 Å². The lowest BCUT2D eigenvalue weighted by molar-refractivity contribution is 0.282. The van der Waals surface area contributed by atoms with E-state index in [1.807, 2.05) is 0 Å². The van der Waals surface area contributed by atoms with Gasteiger partial charge in [0.25, 0.3) is 0 Å². The van der Waals surface area contributed by atoms with E-state index in [1.165, 1.54) is 12.1 Å². The molecule has 3 aromatic rings. The van der Waals surface area contributed by atoms with Crippen molar-refractivity contribution < 1.29 is 9.50 Å². The highest BCUT2D eigenvalue weighted by Gasteiger charge is 2.09. The van der Waals surface area contributed by atoms with Gasteiger partial charge >= 0.3 is 0 Å². The molecule has 0 saturated carbocycles. The molecule has 1 aromatic heterocycles. The number of aromatic nitrogens is 2. The van der Waals surface area contributed by atoms with Crippen molar-refractivity contribution in [3.05, 3.63) is 70.6 Å². The van der Waals surface area contributed by atoms with Crippen LogP contribution >= 0.6 is 11.6 Å². The summed E-state index contributed by atoms with van der Waals surface area (Å²) < 4.78 is 13.0. The smallest absolute Gasteiger partial charge is 0.123 e. The quantitative estimate of drug-likeness (QED) is 0.663. The Kier molecular flexibility index (Phi) is 4.60. The summed E-state index contributed by atoms with van der Waals surface area (Å²) in [7, 11) is 0. The third-order valence-corrected chi connectivity index (χ3v) is 3.86. The number of nitrogens with zero attached hydrogens (tertiary/aromatic N) is 1. The number of aliphatic hydroxyl groups is 1. The molecule has 0 atom stereocenters. The zero-order valence-electron chi connectivity index (χ0n) is 12.2. The number of benzene rings is 2. The van der Waals surface area contributed by atoms with Crippen LogP contribution in [0.5, 0.6) is 0 Å². The van der Waals surface area contributed by atoms with Gasteiger partial charge in [0, 0.05) is 17.7 Å². The Labute approximate surface area is 137 Å². The van der Waals surface area contributed by atoms with Crippen LogP contribution in [-0.2, 0) is 13.2 Å². The van der Waals surface area contributed by atoms with Crippen LogP contribution < -0.4 is 5.32 Å². The first-order valence-corrected chi connectivity index (χ1v) is 7.46. The molecule has 23 heavy (non-hydrogen) atoms. The van der Waals surface area contributed by atoms with E-state index < -0.39 is 0 Å². The van der Waals surface area contributed by atoms with Gasteiger partial charge in [0.2, 0.25) is 0 Å². The van der Waals surface area contributed by atoms with Crippen molar-refractivity contribution in [3.8, 4) is 11.3 Å². The van der Waals surface area contributed by atoms with Gasteiger partial charge < -0.3 is 10.4 Å². The van der Waals surface area contributed by atoms with E-state index in [-0.39, 0.29) is 12.4 Å². The van der Waals surface area contributed by atoms with E-state index in [1.54, 1.807) is 36.5 Å². The van der Waals surface area contributed by atoms with Crippen LogP contribution in [0.1, 0.15) is 11.1 Å². The van der Waals surface area contributed by atoms with Crippen molar-refractivity contribution >= 4 is 17.3 Å². The van der Waals surface area contributed by atoms with Crippen molar-refractivity contribution in [2.45, 2.75) is 13.2 Å². The molecule has 0 saturated heterocycles. The molecule has 6 heteroatoms. The van der Waals surface area contributed by atoms with Gasteiger partial charge in [-0.2, -0.15) is 5.10 Å². The Bertz CT molecular complexity index is 802. The lowest BCUT2D eigenvalue weighted by Gasteiger charge is -2.10. The second-order valence-corrected chi connectivity index (χ2v) is 5.51. The Morgan fingerprint density at radius 2 is 1.96 bits per heavy atom. The van der Waals surface area contributed by atoms with Crippen molar-refractivity contribution in [1.82, 2.24) is 10.2 Å². The van der Waals surface area contributed by atoms with E-state index >= 15 is 0 Å². The molecule has 0 radical (unpaired) electrons. The Balaban J connectivity index is 1.80. The minimum absolute atomic E-state index is 0.0433. The molecule has 0 fully saturated rings. The molecule has 0 bridgehead atoms. The summed E-state index contributed by atoms with van der Waals surface area (Å²) in [6, 6.07) is 11.5. The molecule has 0 spiro atoms. The lowest BCUT2D eigenvalue weighted by Crippen LogP contribution is -2.01. The normalized spacial score (nSPS) is 10.7. The van der Waals surface area contributed by atoms with Crippen LogP contribution in [0.25, 0.3) is 11.3 Å². The maximum absolute atomic E-state index is 13.0. The highest BCUT2D eigenvalue weighted by atomic mass is 35.5. The first-order valence-electron chi connectivity index (χ1n) is 7.08. The SMILES string of the molecule is OCc1ccc(Cl)c(NCc2cn[nH]c2-c2ccc(F)cc2)c1. The summed E-state index contributed by atoms with van der Waals surface area (Å²) in [4.78, 5) is 0. The minimum atomic E-state index is -0.277. The van der Waals surface area contributed by atoms with E-state index in [0.29, 0.717) is 11.6 Å². The molecule has 2 aromatic carbocycles. The number of nitrogens with one attached hydrogen (secondary N) is 2. The maximum atomic E-state index is 13.0. The molecule has 0 aliphatic carbocycles. The van der Waals surface area contributed by atoms with Gasteiger partial charge in [0.1, 0.15) is 5.82 Å². The second kappa shape index (κ2) is 6.81. The fourth-order valence-corrected chi connectivity index (χ4v) is 2.49. The van der Waals surface area contributed by atoms with Crippen LogP contribution in [-0.4, -0.2) is 15.3 Å². The molecule has 3 rings (SSSR count). The average Bonchev–Trinajstić information content (AvgIpc) is 3.03. The predicted octanol–water partition coefficient (Wildman–Crippen LogP) is 3.97. The zero-order chi connectivity index (χ0) is 16.2. The highest BCUT2D eigenvalue weighted by molar-refractivity contribution is 6.33. The summed E-state index contributed by atoms with van der Waals surface area (Å²) in [6.07, 6.45) is 1.72. The number of rotatable bonds is 5. The maximum Gasteiger partial charge on any atom is 0.123 e. The molecule has 4 nitrogen and oxygen atoms in total. The molecule has 0 aliphatic rings. The van der Waals surface area contributed by atoms with Crippen molar-refractivity contribution in [2.24, 2.45) is 0 Å². The summed E-state index contributed by atoms with van der Waals surface area (Å²) in [5.74, 6) is -0.277. The molecular formula is C17H15ClFN3O. The third kappa shape index (κ3) is 3.52. The van der Waals surface area contributed by atoms with Gasteiger partial charge in [-0.05, 0) is 42.0 Å². The van der Waals surface area contributed by atoms with E-state index in [9.17, 15) is 9.50 Å². The molecule has 1 heterocycles. The Morgan fingerprint density at radius 1 is 1.17 bits per heavy atom. The molecule has 118 valence electrons. The largest absolute Gasteiger partial charge is 0.392 e. The predicted molar refractivity (Wildman–Crippen MR) is 88.7 cm³/mol. The van der Waals surface area contributed by atoms with Gasteiger partial charge in [0.05, 0.1) is 29.2 Å². The Morgan fingerprint density at radius 3 is 2.70 bits per heavy atom. The van der Waals surface area contributed by atoms with Gasteiger partial charge in [-0.15, -0.1) is 0 Å². The molecule has 3 N–H and O–H groups in total. The zero-order valence-corrected chi connectivity index (χ0v) is 12.9. The van der Waals surface area contributed by atoms with E-state index in [2.05, 4.69) is 15.5 Å². The minimum Gasteiger partial charge on any atom is -0.392 e. The number of hydrogen-bond donors (Lipinski definition) is 3. The second-order valence-electron chi connectivity index (χ2n) is 5.10. The lowest BCUT2D eigenvalue weighted by atomic mass is 10.1. The van der Waals surface area contributed by atoms with Crippen LogP contribution in [0.3, 0.4) is 0 Å². The van der Waals surface area contributed by atoms with E-state index in [0.717, 1.165) is 28.1 Å².